The maximum atomic E-state index is 12.7. The third-order valence-electron chi connectivity index (χ3n) is 1.22. The maximum Gasteiger partial charge on any atom is 0.207 e. The summed E-state index contributed by atoms with van der Waals surface area (Å²) in [5.41, 5.74) is -1.29. The van der Waals surface area contributed by atoms with Crippen LogP contribution in [0.2, 0.25) is 0 Å². The van der Waals surface area contributed by atoms with Crippen molar-refractivity contribution in [2.75, 3.05) is 19.8 Å². The van der Waals surface area contributed by atoms with Gasteiger partial charge in [-0.1, -0.05) is 0 Å². The molecule has 52 valence electrons. The summed E-state index contributed by atoms with van der Waals surface area (Å²) in [7, 11) is 0. The molecule has 4 heteroatoms. The van der Waals surface area contributed by atoms with Crippen molar-refractivity contribution in [3.05, 3.63) is 0 Å². The van der Waals surface area contributed by atoms with Crippen LogP contribution in [0.4, 0.5) is 4.39 Å². The van der Waals surface area contributed by atoms with Gasteiger partial charge in [-0.2, -0.15) is 0 Å². The van der Waals surface area contributed by atoms with Gasteiger partial charge in [-0.05, 0) is 0 Å². The normalized spacial score (nSPS) is 22.3. The van der Waals surface area contributed by atoms with Gasteiger partial charge in [-0.25, -0.2) is 4.39 Å². The lowest BCUT2D eigenvalue weighted by atomic mass is 10.1. The minimum absolute atomic E-state index is 0.0660. The predicted molar refractivity (Wildman–Crippen MR) is 28.7 cm³/mol. The first-order valence-electron chi connectivity index (χ1n) is 2.70. The molecule has 0 saturated carbocycles. The zero-order chi connectivity index (χ0) is 6.74. The van der Waals surface area contributed by atoms with Gasteiger partial charge >= 0.3 is 0 Å². The van der Waals surface area contributed by atoms with Crippen LogP contribution in [0, 0.1) is 0 Å². The molecule has 9 heavy (non-hydrogen) atoms. The van der Waals surface area contributed by atoms with Crippen LogP contribution in [0.1, 0.15) is 0 Å². The second-order valence-electron chi connectivity index (χ2n) is 2.14. The molecule has 1 fully saturated rings. The van der Waals surface area contributed by atoms with Gasteiger partial charge in [0.2, 0.25) is 6.41 Å². The van der Waals surface area contributed by atoms with Crippen molar-refractivity contribution in [3.8, 4) is 0 Å². The quantitative estimate of drug-likeness (QED) is 0.525. The average molecular weight is 133 g/mol. The van der Waals surface area contributed by atoms with E-state index in [1.807, 2.05) is 0 Å². The molecule has 0 aromatic rings. The highest BCUT2D eigenvalue weighted by Gasteiger charge is 2.38. The van der Waals surface area contributed by atoms with Gasteiger partial charge < -0.3 is 10.1 Å². The van der Waals surface area contributed by atoms with Crippen molar-refractivity contribution >= 4 is 6.41 Å². The number of carbonyl (C=O) groups excluding carboxylic acids is 1. The molecule has 0 bridgehead atoms. The van der Waals surface area contributed by atoms with E-state index in [1.165, 1.54) is 0 Å². The molecule has 3 nitrogen and oxygen atoms in total. The van der Waals surface area contributed by atoms with E-state index < -0.39 is 5.67 Å². The number of halogens is 1. The standard InChI is InChI=1S/C5H8FNO2/c6-5(1-7-4-8)2-9-3-5/h4H,1-3H2,(H,7,8). The third kappa shape index (κ3) is 1.38. The summed E-state index contributed by atoms with van der Waals surface area (Å²) >= 11 is 0. The molecular formula is C5H8FNO2. The largest absolute Gasteiger partial charge is 0.374 e. The Morgan fingerprint density at radius 2 is 2.44 bits per heavy atom. The van der Waals surface area contributed by atoms with Crippen molar-refractivity contribution in [2.24, 2.45) is 0 Å². The van der Waals surface area contributed by atoms with Gasteiger partial charge in [0.1, 0.15) is 0 Å². The van der Waals surface area contributed by atoms with Gasteiger partial charge in [0, 0.05) is 0 Å². The maximum absolute atomic E-state index is 12.7. The lowest BCUT2D eigenvalue weighted by molar-refractivity contribution is -0.131. The van der Waals surface area contributed by atoms with Gasteiger partial charge in [0.25, 0.3) is 0 Å². The van der Waals surface area contributed by atoms with E-state index in [-0.39, 0.29) is 19.8 Å². The predicted octanol–water partition coefficient (Wildman–Crippen LogP) is -0.529. The second kappa shape index (κ2) is 2.31. The minimum atomic E-state index is -1.29. The van der Waals surface area contributed by atoms with Crippen molar-refractivity contribution < 1.29 is 13.9 Å². The van der Waals surface area contributed by atoms with Gasteiger partial charge in [-0.15, -0.1) is 0 Å². The number of hydrogen-bond acceptors (Lipinski definition) is 2. The Balaban J connectivity index is 2.16. The summed E-state index contributed by atoms with van der Waals surface area (Å²) in [5.74, 6) is 0. The zero-order valence-electron chi connectivity index (χ0n) is 4.89. The molecule has 1 aliphatic rings. The lowest BCUT2D eigenvalue weighted by Gasteiger charge is -2.32. The second-order valence-corrected chi connectivity index (χ2v) is 2.14. The fourth-order valence-corrected chi connectivity index (χ4v) is 0.650. The summed E-state index contributed by atoms with van der Waals surface area (Å²) in [4.78, 5) is 9.67. The molecule has 1 rings (SSSR count). The van der Waals surface area contributed by atoms with Crippen LogP contribution in [-0.4, -0.2) is 31.8 Å². The van der Waals surface area contributed by atoms with Crippen LogP contribution in [-0.2, 0) is 9.53 Å². The topological polar surface area (TPSA) is 38.3 Å². The number of alkyl halides is 1. The lowest BCUT2D eigenvalue weighted by Crippen LogP contribution is -2.52. The zero-order valence-corrected chi connectivity index (χ0v) is 4.89. The number of ether oxygens (including phenoxy) is 1. The summed E-state index contributed by atoms with van der Waals surface area (Å²) in [5, 5.41) is 2.26. The van der Waals surface area contributed by atoms with E-state index >= 15 is 0 Å². The van der Waals surface area contributed by atoms with Crippen molar-refractivity contribution in [2.45, 2.75) is 5.67 Å². The molecule has 0 atom stereocenters. The van der Waals surface area contributed by atoms with Crippen molar-refractivity contribution in [1.29, 1.82) is 0 Å². The number of rotatable bonds is 3. The highest BCUT2D eigenvalue weighted by Crippen LogP contribution is 2.19. The summed E-state index contributed by atoms with van der Waals surface area (Å²) < 4.78 is 17.4. The van der Waals surface area contributed by atoms with E-state index in [1.54, 1.807) is 0 Å². The SMILES string of the molecule is O=CNCC1(F)COC1. The summed E-state index contributed by atoms with van der Waals surface area (Å²) in [6.07, 6.45) is 0.486. The smallest absolute Gasteiger partial charge is 0.207 e. The van der Waals surface area contributed by atoms with Gasteiger partial charge in [-0.3, -0.25) is 4.79 Å². The Hall–Kier alpha value is -0.640. The van der Waals surface area contributed by atoms with E-state index in [4.69, 9.17) is 0 Å². The first kappa shape index (κ1) is 6.48. The molecule has 1 amide bonds. The number of hydrogen-bond donors (Lipinski definition) is 1. The fraction of sp³-hybridized carbons (Fsp3) is 0.800. The first-order valence-corrected chi connectivity index (χ1v) is 2.70. The van der Waals surface area contributed by atoms with Crippen molar-refractivity contribution in [1.82, 2.24) is 5.32 Å². The monoisotopic (exact) mass is 133 g/mol. The average Bonchev–Trinajstić information content (AvgIpc) is 1.79. The first-order chi connectivity index (χ1) is 4.27. The molecule has 1 heterocycles. The van der Waals surface area contributed by atoms with Crippen LogP contribution in [0.3, 0.4) is 0 Å². The van der Waals surface area contributed by atoms with E-state index in [0.717, 1.165) is 0 Å². The molecule has 0 aromatic carbocycles. The summed E-state index contributed by atoms with van der Waals surface area (Å²) in [6, 6.07) is 0. The van der Waals surface area contributed by atoms with Gasteiger partial charge in [0.15, 0.2) is 5.67 Å². The molecular weight excluding hydrogens is 125 g/mol. The Morgan fingerprint density at radius 3 is 2.78 bits per heavy atom. The van der Waals surface area contributed by atoms with Crippen LogP contribution >= 0.6 is 0 Å². The molecule has 0 unspecified atom stereocenters. The Morgan fingerprint density at radius 1 is 1.78 bits per heavy atom. The summed E-state index contributed by atoms with van der Waals surface area (Å²) in [6.45, 7) is 0.276. The molecule has 0 aliphatic carbocycles. The van der Waals surface area contributed by atoms with Crippen LogP contribution < -0.4 is 5.32 Å². The highest BCUT2D eigenvalue weighted by atomic mass is 19.1. The van der Waals surface area contributed by atoms with Crippen LogP contribution in [0.5, 0.6) is 0 Å². The molecule has 0 spiro atoms. The fourth-order valence-electron chi connectivity index (χ4n) is 0.650. The third-order valence-corrected chi connectivity index (χ3v) is 1.22. The molecule has 0 radical (unpaired) electrons. The highest BCUT2D eigenvalue weighted by molar-refractivity contribution is 5.46. The Kier molecular flexibility index (Phi) is 1.66. The van der Waals surface area contributed by atoms with Gasteiger partial charge in [0.05, 0.1) is 19.8 Å². The number of nitrogens with one attached hydrogen (secondary N) is 1. The van der Waals surface area contributed by atoms with E-state index in [9.17, 15) is 9.18 Å². The Labute approximate surface area is 52.2 Å². The number of amides is 1. The minimum Gasteiger partial charge on any atom is -0.374 e. The van der Waals surface area contributed by atoms with Crippen LogP contribution in [0.15, 0.2) is 0 Å². The molecule has 0 aromatic heterocycles. The number of carbonyl (C=O) groups is 1. The molecule has 1 saturated heterocycles. The Bertz CT molecular complexity index is 114. The molecule has 1 N–H and O–H groups in total. The molecule has 1 aliphatic heterocycles. The van der Waals surface area contributed by atoms with E-state index in [2.05, 4.69) is 10.1 Å². The van der Waals surface area contributed by atoms with E-state index in [0.29, 0.717) is 6.41 Å². The van der Waals surface area contributed by atoms with Crippen LogP contribution in [0.25, 0.3) is 0 Å². The van der Waals surface area contributed by atoms with Crippen molar-refractivity contribution in [3.63, 3.8) is 0 Å².